The minimum absolute atomic E-state index is 0.207. The van der Waals surface area contributed by atoms with Gasteiger partial charge in [-0.05, 0) is 18.9 Å². The van der Waals surface area contributed by atoms with Gasteiger partial charge in [0.1, 0.15) is 5.03 Å². The fourth-order valence-corrected chi connectivity index (χ4v) is 1.77. The molecule has 1 rings (SSSR count). The molecule has 0 spiro atoms. The molecule has 0 atom stereocenters. The second kappa shape index (κ2) is 5.79. The Morgan fingerprint density at radius 3 is 3.07 bits per heavy atom. The van der Waals surface area contributed by atoms with Gasteiger partial charge in [0.25, 0.3) is 0 Å². The van der Waals surface area contributed by atoms with E-state index >= 15 is 0 Å². The van der Waals surface area contributed by atoms with Crippen molar-refractivity contribution in [3.8, 4) is 0 Å². The van der Waals surface area contributed by atoms with Gasteiger partial charge < -0.3 is 5.11 Å². The van der Waals surface area contributed by atoms with Gasteiger partial charge in [0.05, 0.1) is 0 Å². The Morgan fingerprint density at radius 2 is 2.43 bits per heavy atom. The van der Waals surface area contributed by atoms with Gasteiger partial charge in [-0.1, -0.05) is 0 Å². The van der Waals surface area contributed by atoms with Crippen molar-refractivity contribution in [1.82, 2.24) is 9.97 Å². The Hall–Kier alpha value is -0.850. The fraction of sp³-hybridized carbons (Fsp3) is 0.500. The average molecular weight is 214 g/mol. The van der Waals surface area contributed by atoms with Gasteiger partial charge in [-0.2, -0.15) is 0 Å². The molecule has 0 aromatic carbocycles. The molecule has 0 fully saturated rings. The van der Waals surface area contributed by atoms with E-state index in [1.165, 1.54) is 0 Å². The molecule has 4 N–H and O–H groups in total. The number of thioether (sulfide) groups is 1. The SMILES string of the molecule is Cc1cnc(NN)nc1SCCCO. The summed E-state index contributed by atoms with van der Waals surface area (Å²) >= 11 is 1.59. The van der Waals surface area contributed by atoms with E-state index in [0.717, 1.165) is 22.8 Å². The van der Waals surface area contributed by atoms with Gasteiger partial charge in [-0.3, -0.25) is 5.43 Å². The zero-order valence-corrected chi connectivity index (χ0v) is 8.84. The molecule has 0 aliphatic rings. The minimum Gasteiger partial charge on any atom is -0.396 e. The molecule has 0 amide bonds. The number of aromatic nitrogens is 2. The summed E-state index contributed by atoms with van der Waals surface area (Å²) in [4.78, 5) is 8.17. The number of rotatable bonds is 5. The molecule has 0 aliphatic heterocycles. The second-order valence-corrected chi connectivity index (χ2v) is 3.84. The summed E-state index contributed by atoms with van der Waals surface area (Å²) in [7, 11) is 0. The minimum atomic E-state index is 0.207. The van der Waals surface area contributed by atoms with Crippen molar-refractivity contribution in [3.05, 3.63) is 11.8 Å². The van der Waals surface area contributed by atoms with Crippen molar-refractivity contribution in [2.75, 3.05) is 17.8 Å². The number of hydrogen-bond donors (Lipinski definition) is 3. The molecule has 6 heteroatoms. The molecule has 1 heterocycles. The third-order valence-electron chi connectivity index (χ3n) is 1.60. The van der Waals surface area contributed by atoms with Crippen LogP contribution in [0.15, 0.2) is 11.2 Å². The summed E-state index contributed by atoms with van der Waals surface area (Å²) < 4.78 is 0. The molecular weight excluding hydrogens is 200 g/mol. The maximum absolute atomic E-state index is 8.64. The molecule has 1 aromatic rings. The van der Waals surface area contributed by atoms with Crippen LogP contribution in [0, 0.1) is 6.92 Å². The van der Waals surface area contributed by atoms with Gasteiger partial charge in [0.15, 0.2) is 0 Å². The van der Waals surface area contributed by atoms with Crippen molar-refractivity contribution in [3.63, 3.8) is 0 Å². The van der Waals surface area contributed by atoms with E-state index in [0.29, 0.717) is 5.95 Å². The average Bonchev–Trinajstić information content (AvgIpc) is 2.21. The monoisotopic (exact) mass is 214 g/mol. The van der Waals surface area contributed by atoms with Crippen LogP contribution >= 0.6 is 11.8 Å². The third kappa shape index (κ3) is 3.13. The van der Waals surface area contributed by atoms with Crippen molar-refractivity contribution in [2.24, 2.45) is 5.84 Å². The smallest absolute Gasteiger partial charge is 0.238 e. The van der Waals surface area contributed by atoms with Crippen molar-refractivity contribution < 1.29 is 5.11 Å². The summed E-state index contributed by atoms with van der Waals surface area (Å²) in [5.74, 6) is 6.46. The van der Waals surface area contributed by atoms with Crippen LogP contribution < -0.4 is 11.3 Å². The molecule has 1 aromatic heterocycles. The summed E-state index contributed by atoms with van der Waals surface area (Å²) in [6, 6.07) is 0. The molecule has 0 saturated heterocycles. The maximum atomic E-state index is 8.64. The molecule has 14 heavy (non-hydrogen) atoms. The summed E-state index contributed by atoms with van der Waals surface area (Å²) in [5, 5.41) is 9.54. The van der Waals surface area contributed by atoms with Crippen LogP contribution in [0.25, 0.3) is 0 Å². The first-order chi connectivity index (χ1) is 6.77. The summed E-state index contributed by atoms with van der Waals surface area (Å²) in [6.07, 6.45) is 2.49. The lowest BCUT2D eigenvalue weighted by Gasteiger charge is -2.05. The lowest BCUT2D eigenvalue weighted by Crippen LogP contribution is -2.11. The van der Waals surface area contributed by atoms with Crippen molar-refractivity contribution in [1.29, 1.82) is 0 Å². The van der Waals surface area contributed by atoms with E-state index in [1.807, 2.05) is 6.92 Å². The number of nitrogens with two attached hydrogens (primary N) is 1. The number of anilines is 1. The second-order valence-electron chi connectivity index (χ2n) is 2.75. The first-order valence-corrected chi connectivity index (χ1v) is 5.30. The summed E-state index contributed by atoms with van der Waals surface area (Å²) in [6.45, 7) is 2.15. The van der Waals surface area contributed by atoms with Crippen LogP contribution in [0.2, 0.25) is 0 Å². The topological polar surface area (TPSA) is 84.1 Å². The largest absolute Gasteiger partial charge is 0.396 e. The van der Waals surface area contributed by atoms with Crippen molar-refractivity contribution in [2.45, 2.75) is 18.4 Å². The molecule has 0 aliphatic carbocycles. The number of nitrogen functional groups attached to an aromatic ring is 1. The third-order valence-corrected chi connectivity index (χ3v) is 2.78. The lowest BCUT2D eigenvalue weighted by atomic mass is 10.4. The highest BCUT2D eigenvalue weighted by molar-refractivity contribution is 7.99. The van der Waals surface area contributed by atoms with E-state index in [-0.39, 0.29) is 6.61 Å². The lowest BCUT2D eigenvalue weighted by molar-refractivity contribution is 0.296. The Labute approximate surface area is 87.1 Å². The fourth-order valence-electron chi connectivity index (χ4n) is 0.875. The Balaban J connectivity index is 2.64. The van der Waals surface area contributed by atoms with Gasteiger partial charge in [0, 0.05) is 18.6 Å². The zero-order valence-electron chi connectivity index (χ0n) is 8.03. The number of aryl methyl sites for hydroxylation is 1. The first-order valence-electron chi connectivity index (χ1n) is 4.32. The molecule has 78 valence electrons. The number of aliphatic hydroxyl groups is 1. The highest BCUT2D eigenvalue weighted by Crippen LogP contribution is 2.20. The quantitative estimate of drug-likeness (QED) is 0.218. The normalized spacial score (nSPS) is 10.2. The molecule has 0 saturated carbocycles. The van der Waals surface area contributed by atoms with Crippen molar-refractivity contribution >= 4 is 17.7 Å². The molecule has 0 radical (unpaired) electrons. The van der Waals surface area contributed by atoms with E-state index in [4.69, 9.17) is 10.9 Å². The van der Waals surface area contributed by atoms with Gasteiger partial charge in [0.2, 0.25) is 5.95 Å². The van der Waals surface area contributed by atoms with E-state index in [9.17, 15) is 0 Å². The highest BCUT2D eigenvalue weighted by atomic mass is 32.2. The van der Waals surface area contributed by atoms with Crippen LogP contribution in [0.5, 0.6) is 0 Å². The molecular formula is C8H14N4OS. The predicted octanol–water partition coefficient (Wildman–Crippen LogP) is 0.545. The summed E-state index contributed by atoms with van der Waals surface area (Å²) in [5.41, 5.74) is 3.42. The van der Waals surface area contributed by atoms with Gasteiger partial charge in [-0.25, -0.2) is 15.8 Å². The number of aliphatic hydroxyl groups excluding tert-OH is 1. The maximum Gasteiger partial charge on any atom is 0.238 e. The first kappa shape index (κ1) is 11.2. The van der Waals surface area contributed by atoms with Gasteiger partial charge >= 0.3 is 0 Å². The highest BCUT2D eigenvalue weighted by Gasteiger charge is 2.02. The Bertz CT molecular complexity index is 295. The zero-order chi connectivity index (χ0) is 10.4. The van der Waals surface area contributed by atoms with Crippen LogP contribution in [-0.2, 0) is 0 Å². The Kier molecular flexibility index (Phi) is 4.64. The van der Waals surface area contributed by atoms with Crippen LogP contribution in [0.3, 0.4) is 0 Å². The number of hydrazine groups is 1. The number of hydrogen-bond acceptors (Lipinski definition) is 6. The van der Waals surface area contributed by atoms with E-state index in [1.54, 1.807) is 18.0 Å². The Morgan fingerprint density at radius 1 is 1.64 bits per heavy atom. The standard InChI is InChI=1S/C8H14N4OS/c1-6-5-10-8(12-9)11-7(6)14-4-2-3-13/h5,13H,2-4,9H2,1H3,(H,10,11,12). The number of nitrogens with one attached hydrogen (secondary N) is 1. The van der Waals surface area contributed by atoms with E-state index < -0.39 is 0 Å². The van der Waals surface area contributed by atoms with Crippen LogP contribution in [0.1, 0.15) is 12.0 Å². The molecule has 5 nitrogen and oxygen atoms in total. The van der Waals surface area contributed by atoms with E-state index in [2.05, 4.69) is 15.4 Å². The molecule has 0 bridgehead atoms. The van der Waals surface area contributed by atoms with Crippen LogP contribution in [-0.4, -0.2) is 27.4 Å². The van der Waals surface area contributed by atoms with Crippen LogP contribution in [0.4, 0.5) is 5.95 Å². The predicted molar refractivity (Wildman–Crippen MR) is 57.0 cm³/mol. The van der Waals surface area contributed by atoms with Gasteiger partial charge in [-0.15, -0.1) is 11.8 Å². The number of nitrogens with zero attached hydrogens (tertiary/aromatic N) is 2. The molecule has 0 unspecified atom stereocenters.